The number of carbonyl (C=O) groups excluding carboxylic acids is 1. The summed E-state index contributed by atoms with van der Waals surface area (Å²) >= 11 is 0. The Morgan fingerprint density at radius 2 is 1.81 bits per heavy atom. The maximum atomic E-state index is 12.9. The predicted molar refractivity (Wildman–Crippen MR) is 120 cm³/mol. The van der Waals surface area contributed by atoms with Crippen molar-refractivity contribution in [3.63, 3.8) is 0 Å². The summed E-state index contributed by atoms with van der Waals surface area (Å²) in [5, 5.41) is 6.72. The second kappa shape index (κ2) is 9.13. The smallest absolute Gasteiger partial charge is 0.276 e. The number of anilines is 2. The molecule has 0 fully saturated rings. The van der Waals surface area contributed by atoms with Crippen LogP contribution < -0.4 is 15.6 Å². The van der Waals surface area contributed by atoms with Crippen LogP contribution in [-0.2, 0) is 16.6 Å². The monoisotopic (exact) mass is 440 g/mol. The number of amides is 1. The molecule has 0 aliphatic carbocycles. The second-order valence-electron chi connectivity index (χ2n) is 7.19. The first kappa shape index (κ1) is 22.2. The number of aromatic nitrogens is 2. The summed E-state index contributed by atoms with van der Waals surface area (Å²) in [6.45, 7) is 5.85. The van der Waals surface area contributed by atoms with Crippen LogP contribution in [-0.4, -0.2) is 24.1 Å². The van der Waals surface area contributed by atoms with E-state index in [-0.39, 0.29) is 16.1 Å². The van der Waals surface area contributed by atoms with E-state index >= 15 is 0 Å². The molecular weight excluding hydrogens is 416 g/mol. The standard InChI is InChI=1S/C22H24N4O4S/c1-4-12-26-21(27)11-10-19(24-26)22(28)23-17-9-8-16(3)20(14-17)31(29,30)25-18-7-5-6-15(2)13-18/h5-11,13-14,25H,4,12H2,1-3H3,(H,23,28). The second-order valence-corrected chi connectivity index (χ2v) is 8.84. The van der Waals surface area contributed by atoms with Crippen molar-refractivity contribution in [3.05, 3.63) is 81.8 Å². The van der Waals surface area contributed by atoms with Gasteiger partial charge in [-0.25, -0.2) is 13.1 Å². The molecule has 0 saturated carbocycles. The zero-order valence-electron chi connectivity index (χ0n) is 17.5. The molecule has 2 aromatic carbocycles. The van der Waals surface area contributed by atoms with Gasteiger partial charge in [0.05, 0.1) is 4.90 Å². The maximum absolute atomic E-state index is 12.9. The van der Waals surface area contributed by atoms with Crippen LogP contribution in [0.15, 0.2) is 64.3 Å². The van der Waals surface area contributed by atoms with Crippen LogP contribution in [0.3, 0.4) is 0 Å². The minimum absolute atomic E-state index is 0.0516. The van der Waals surface area contributed by atoms with Crippen molar-refractivity contribution in [1.82, 2.24) is 9.78 Å². The Kier molecular flexibility index (Phi) is 6.55. The third kappa shape index (κ3) is 5.37. The first-order chi connectivity index (χ1) is 14.7. The highest BCUT2D eigenvalue weighted by Crippen LogP contribution is 2.23. The predicted octanol–water partition coefficient (Wildman–Crippen LogP) is 3.32. The highest BCUT2D eigenvalue weighted by atomic mass is 32.2. The molecule has 0 spiro atoms. The Balaban J connectivity index is 1.86. The molecular formula is C22H24N4O4S. The van der Waals surface area contributed by atoms with Crippen LogP contribution in [0.25, 0.3) is 0 Å². The fourth-order valence-electron chi connectivity index (χ4n) is 3.02. The van der Waals surface area contributed by atoms with Gasteiger partial charge in [0.15, 0.2) is 0 Å². The average molecular weight is 441 g/mol. The molecule has 162 valence electrons. The van der Waals surface area contributed by atoms with E-state index in [1.54, 1.807) is 37.3 Å². The molecule has 3 aromatic rings. The lowest BCUT2D eigenvalue weighted by molar-refractivity contribution is 0.101. The average Bonchev–Trinajstić information content (AvgIpc) is 2.70. The molecule has 1 aromatic heterocycles. The number of aryl methyl sites for hydroxylation is 3. The fraction of sp³-hybridized carbons (Fsp3) is 0.227. The largest absolute Gasteiger partial charge is 0.321 e. The minimum atomic E-state index is -3.87. The molecule has 0 saturated heterocycles. The highest BCUT2D eigenvalue weighted by molar-refractivity contribution is 7.92. The van der Waals surface area contributed by atoms with E-state index in [1.165, 1.54) is 22.9 Å². The number of hydrogen-bond acceptors (Lipinski definition) is 5. The Morgan fingerprint density at radius 3 is 2.52 bits per heavy atom. The van der Waals surface area contributed by atoms with Crippen molar-refractivity contribution in [2.24, 2.45) is 0 Å². The zero-order chi connectivity index (χ0) is 22.6. The minimum Gasteiger partial charge on any atom is -0.321 e. The van der Waals surface area contributed by atoms with Crippen LogP contribution in [0.5, 0.6) is 0 Å². The van der Waals surface area contributed by atoms with Crippen LogP contribution in [0.2, 0.25) is 0 Å². The van der Waals surface area contributed by atoms with E-state index in [4.69, 9.17) is 0 Å². The molecule has 0 aliphatic heterocycles. The SMILES string of the molecule is CCCn1nc(C(=O)Nc2ccc(C)c(S(=O)(=O)Nc3cccc(C)c3)c2)ccc1=O. The van der Waals surface area contributed by atoms with E-state index in [1.807, 2.05) is 19.9 Å². The summed E-state index contributed by atoms with van der Waals surface area (Å²) in [6, 6.07) is 14.3. The highest BCUT2D eigenvalue weighted by Gasteiger charge is 2.19. The van der Waals surface area contributed by atoms with Gasteiger partial charge in [-0.15, -0.1) is 0 Å². The van der Waals surface area contributed by atoms with Crippen LogP contribution >= 0.6 is 0 Å². The van der Waals surface area contributed by atoms with E-state index in [0.717, 1.165) is 5.56 Å². The van der Waals surface area contributed by atoms with Gasteiger partial charge in [0.1, 0.15) is 5.69 Å². The Hall–Kier alpha value is -3.46. The van der Waals surface area contributed by atoms with Crippen molar-refractivity contribution in [1.29, 1.82) is 0 Å². The first-order valence-corrected chi connectivity index (χ1v) is 11.3. The first-order valence-electron chi connectivity index (χ1n) is 9.79. The lowest BCUT2D eigenvalue weighted by atomic mass is 10.2. The fourth-order valence-corrected chi connectivity index (χ4v) is 4.34. The number of rotatable bonds is 7. The maximum Gasteiger partial charge on any atom is 0.276 e. The molecule has 1 heterocycles. The van der Waals surface area contributed by atoms with Gasteiger partial charge in [0, 0.05) is 24.0 Å². The van der Waals surface area contributed by atoms with E-state index < -0.39 is 15.9 Å². The van der Waals surface area contributed by atoms with E-state index in [0.29, 0.717) is 29.9 Å². The molecule has 2 N–H and O–H groups in total. The van der Waals surface area contributed by atoms with Gasteiger partial charge in [-0.3, -0.25) is 14.3 Å². The van der Waals surface area contributed by atoms with Gasteiger partial charge in [-0.05, 0) is 61.7 Å². The Labute approximate surface area is 181 Å². The molecule has 1 amide bonds. The number of carbonyl (C=O) groups is 1. The molecule has 0 bridgehead atoms. The number of sulfonamides is 1. The normalized spacial score (nSPS) is 11.2. The summed E-state index contributed by atoms with van der Waals surface area (Å²) in [5.74, 6) is -0.538. The molecule has 0 aliphatic rings. The number of nitrogens with zero attached hydrogens (tertiary/aromatic N) is 2. The molecule has 0 atom stereocenters. The lowest BCUT2D eigenvalue weighted by Crippen LogP contribution is -2.26. The Morgan fingerprint density at radius 1 is 1.03 bits per heavy atom. The number of nitrogens with one attached hydrogen (secondary N) is 2. The quantitative estimate of drug-likeness (QED) is 0.586. The van der Waals surface area contributed by atoms with Gasteiger partial charge < -0.3 is 5.32 Å². The van der Waals surface area contributed by atoms with Gasteiger partial charge in [-0.2, -0.15) is 5.10 Å². The third-order valence-electron chi connectivity index (χ3n) is 4.54. The topological polar surface area (TPSA) is 110 Å². The van der Waals surface area contributed by atoms with Crippen molar-refractivity contribution >= 4 is 27.3 Å². The summed E-state index contributed by atoms with van der Waals surface area (Å²) in [4.78, 5) is 24.5. The van der Waals surface area contributed by atoms with Crippen LogP contribution in [0.1, 0.15) is 35.0 Å². The third-order valence-corrected chi connectivity index (χ3v) is 6.06. The number of hydrogen-bond donors (Lipinski definition) is 2. The van der Waals surface area contributed by atoms with Crippen molar-refractivity contribution in [2.45, 2.75) is 38.6 Å². The molecule has 31 heavy (non-hydrogen) atoms. The summed E-state index contributed by atoms with van der Waals surface area (Å²) in [5.41, 5.74) is 1.99. The van der Waals surface area contributed by atoms with Gasteiger partial charge >= 0.3 is 0 Å². The van der Waals surface area contributed by atoms with Crippen molar-refractivity contribution in [3.8, 4) is 0 Å². The zero-order valence-corrected chi connectivity index (χ0v) is 18.4. The van der Waals surface area contributed by atoms with Gasteiger partial charge in [0.25, 0.3) is 21.5 Å². The number of benzene rings is 2. The summed E-state index contributed by atoms with van der Waals surface area (Å²) in [7, 11) is -3.87. The van der Waals surface area contributed by atoms with Crippen LogP contribution in [0, 0.1) is 13.8 Å². The Bertz CT molecular complexity index is 1280. The van der Waals surface area contributed by atoms with E-state index in [9.17, 15) is 18.0 Å². The summed E-state index contributed by atoms with van der Waals surface area (Å²) < 4.78 is 29.6. The molecule has 0 radical (unpaired) electrons. The molecule has 3 rings (SSSR count). The van der Waals surface area contributed by atoms with Crippen molar-refractivity contribution < 1.29 is 13.2 Å². The van der Waals surface area contributed by atoms with Gasteiger partial charge in [-0.1, -0.05) is 25.1 Å². The molecule has 9 heteroatoms. The lowest BCUT2D eigenvalue weighted by Gasteiger charge is -2.13. The molecule has 8 nitrogen and oxygen atoms in total. The van der Waals surface area contributed by atoms with Gasteiger partial charge in [0.2, 0.25) is 0 Å². The summed E-state index contributed by atoms with van der Waals surface area (Å²) in [6.07, 6.45) is 0.700. The van der Waals surface area contributed by atoms with Crippen molar-refractivity contribution in [2.75, 3.05) is 10.0 Å². The van der Waals surface area contributed by atoms with Crippen LogP contribution in [0.4, 0.5) is 11.4 Å². The van der Waals surface area contributed by atoms with E-state index in [2.05, 4.69) is 15.1 Å². The molecule has 0 unspecified atom stereocenters.